The number of rotatable bonds is 4. The summed E-state index contributed by atoms with van der Waals surface area (Å²) < 4.78 is 6.31. The van der Waals surface area contributed by atoms with Gasteiger partial charge in [-0.1, -0.05) is 72.3 Å². The predicted octanol–water partition coefficient (Wildman–Crippen LogP) is 5.50. The Morgan fingerprint density at radius 3 is 2.35 bits per heavy atom. The lowest BCUT2D eigenvalue weighted by molar-refractivity contribution is 0.101. The van der Waals surface area contributed by atoms with Gasteiger partial charge in [-0.15, -0.1) is 0 Å². The number of phenolic OH excluding ortho intramolecular Hbond substituents is 1. The molecule has 0 saturated heterocycles. The number of ketones is 1. The van der Waals surface area contributed by atoms with Crippen LogP contribution in [-0.2, 0) is 0 Å². The number of urea groups is 1. The number of aryl methyl sites for hydroxylation is 1. The Bertz CT molecular complexity index is 1610. The summed E-state index contributed by atoms with van der Waals surface area (Å²) in [5, 5.41) is 25.2. The Hall–Kier alpha value is -5.11. The molecule has 3 aromatic carbocycles. The Morgan fingerprint density at radius 1 is 0.973 bits per heavy atom. The van der Waals surface area contributed by atoms with E-state index in [9.17, 15) is 14.7 Å². The topological polar surface area (TPSA) is 119 Å². The van der Waals surface area contributed by atoms with Crippen LogP contribution in [0.5, 0.6) is 5.75 Å². The standard InChI is InChI=1S/C29H22N4O4/c1-16-12-13-21(34)19(14-16)24(35)20-15-31-29(36)33-26(30)23-22(17-8-4-2-5-9-17)25(18-10-6-3-7-11-18)37-28(23)32-27(20)33/h2-15,27,30,32,34H,1H3,(H,31,36)/t27-/m0/s1. The molecule has 182 valence electrons. The maximum Gasteiger partial charge on any atom is 0.329 e. The van der Waals surface area contributed by atoms with Crippen LogP contribution in [0.1, 0.15) is 21.5 Å². The number of nitrogens with zero attached hydrogens (tertiary/aromatic N) is 1. The van der Waals surface area contributed by atoms with Crippen LogP contribution in [0.3, 0.4) is 0 Å². The maximum absolute atomic E-state index is 13.5. The van der Waals surface area contributed by atoms with E-state index in [1.165, 1.54) is 17.2 Å². The van der Waals surface area contributed by atoms with Crippen molar-refractivity contribution in [3.8, 4) is 28.2 Å². The van der Waals surface area contributed by atoms with Crippen LogP contribution in [0.15, 0.2) is 95.1 Å². The first kappa shape index (κ1) is 22.4. The molecule has 0 bridgehead atoms. The van der Waals surface area contributed by atoms with E-state index in [0.717, 1.165) is 16.7 Å². The maximum atomic E-state index is 13.5. The molecule has 0 saturated carbocycles. The van der Waals surface area contributed by atoms with Gasteiger partial charge in [-0.05, 0) is 24.6 Å². The number of carbonyl (C=O) groups is 2. The van der Waals surface area contributed by atoms with Crippen LogP contribution in [0, 0.1) is 12.3 Å². The minimum Gasteiger partial charge on any atom is -0.507 e. The summed E-state index contributed by atoms with van der Waals surface area (Å²) in [7, 11) is 0. The van der Waals surface area contributed by atoms with Gasteiger partial charge in [0.15, 0.2) is 5.78 Å². The zero-order valence-corrected chi connectivity index (χ0v) is 19.8. The van der Waals surface area contributed by atoms with Gasteiger partial charge in [-0.2, -0.15) is 0 Å². The smallest absolute Gasteiger partial charge is 0.329 e. The van der Waals surface area contributed by atoms with Crippen LogP contribution < -0.4 is 10.6 Å². The van der Waals surface area contributed by atoms with Crippen molar-refractivity contribution in [2.75, 3.05) is 5.32 Å². The lowest BCUT2D eigenvalue weighted by Gasteiger charge is -2.39. The number of fused-ring (bicyclic) bond motifs is 2. The fourth-order valence-corrected chi connectivity index (χ4v) is 4.77. The molecular formula is C29H22N4O4. The van der Waals surface area contributed by atoms with Gasteiger partial charge in [0.1, 0.15) is 23.5 Å². The van der Waals surface area contributed by atoms with Crippen LogP contribution in [-0.4, -0.2) is 33.8 Å². The first-order valence-corrected chi connectivity index (χ1v) is 11.7. The molecule has 0 spiro atoms. The number of amides is 2. The van der Waals surface area contributed by atoms with Crippen molar-refractivity contribution >= 4 is 23.5 Å². The molecule has 1 atom stereocenters. The lowest BCUT2D eigenvalue weighted by atomic mass is 9.93. The van der Waals surface area contributed by atoms with E-state index >= 15 is 0 Å². The molecule has 0 unspecified atom stereocenters. The van der Waals surface area contributed by atoms with Crippen LogP contribution in [0.4, 0.5) is 10.7 Å². The summed E-state index contributed by atoms with van der Waals surface area (Å²) in [5.41, 5.74) is 3.80. The second kappa shape index (κ2) is 8.53. The number of hydrogen-bond acceptors (Lipinski definition) is 6. The van der Waals surface area contributed by atoms with Crippen molar-refractivity contribution in [2.24, 2.45) is 0 Å². The van der Waals surface area contributed by atoms with E-state index in [1.54, 1.807) is 12.1 Å². The normalized spacial score (nSPS) is 16.3. The van der Waals surface area contributed by atoms with Crippen molar-refractivity contribution < 1.29 is 19.1 Å². The third-order valence-corrected chi connectivity index (χ3v) is 6.53. The highest BCUT2D eigenvalue weighted by atomic mass is 16.4. The van der Waals surface area contributed by atoms with Gasteiger partial charge >= 0.3 is 6.03 Å². The van der Waals surface area contributed by atoms with Gasteiger partial charge in [0.05, 0.1) is 16.7 Å². The summed E-state index contributed by atoms with van der Waals surface area (Å²) in [6.45, 7) is 1.82. The number of nitrogens with one attached hydrogen (secondary N) is 3. The number of anilines is 1. The first-order chi connectivity index (χ1) is 17.9. The average molecular weight is 491 g/mol. The molecule has 3 heterocycles. The van der Waals surface area contributed by atoms with E-state index < -0.39 is 18.0 Å². The summed E-state index contributed by atoms with van der Waals surface area (Å²) in [4.78, 5) is 27.7. The number of hydrogen-bond donors (Lipinski definition) is 4. The second-order valence-corrected chi connectivity index (χ2v) is 8.91. The molecule has 2 aliphatic heterocycles. The fraction of sp³-hybridized carbons (Fsp3) is 0.0690. The molecule has 0 aliphatic carbocycles. The summed E-state index contributed by atoms with van der Waals surface area (Å²) in [6.07, 6.45) is 0.317. The lowest BCUT2D eigenvalue weighted by Crippen LogP contribution is -2.58. The van der Waals surface area contributed by atoms with Crippen LogP contribution in [0.2, 0.25) is 0 Å². The highest BCUT2D eigenvalue weighted by Crippen LogP contribution is 2.45. The number of amidine groups is 1. The monoisotopic (exact) mass is 490 g/mol. The molecule has 4 N–H and O–H groups in total. The molecule has 4 aromatic rings. The number of carbonyl (C=O) groups excluding carboxylic acids is 2. The Morgan fingerprint density at radius 2 is 1.65 bits per heavy atom. The second-order valence-electron chi connectivity index (χ2n) is 8.91. The first-order valence-electron chi connectivity index (χ1n) is 11.7. The number of aromatic hydroxyl groups is 1. The van der Waals surface area contributed by atoms with E-state index in [1.807, 2.05) is 67.6 Å². The minimum atomic E-state index is -1.00. The predicted molar refractivity (Wildman–Crippen MR) is 139 cm³/mol. The van der Waals surface area contributed by atoms with E-state index in [-0.39, 0.29) is 28.6 Å². The molecule has 1 aromatic heterocycles. The molecule has 0 radical (unpaired) electrons. The molecular weight excluding hydrogens is 468 g/mol. The molecule has 2 amide bonds. The van der Waals surface area contributed by atoms with Crippen molar-refractivity contribution in [2.45, 2.75) is 13.1 Å². The SMILES string of the molecule is Cc1ccc(O)c(C(=O)C2=CNC(=O)N3C(=N)c4c(oc(-c5ccccc5)c4-c4ccccc4)N[C@H]23)c1. The average Bonchev–Trinajstić information content (AvgIpc) is 3.31. The Kier molecular flexibility index (Phi) is 5.15. The highest BCUT2D eigenvalue weighted by molar-refractivity contribution is 6.19. The Labute approximate surface area is 212 Å². The van der Waals surface area contributed by atoms with Crippen molar-refractivity contribution in [3.05, 3.63) is 107 Å². The number of benzene rings is 3. The third kappa shape index (κ3) is 3.58. The van der Waals surface area contributed by atoms with E-state index in [0.29, 0.717) is 16.9 Å². The van der Waals surface area contributed by atoms with Gasteiger partial charge in [0, 0.05) is 17.3 Å². The van der Waals surface area contributed by atoms with Gasteiger partial charge < -0.3 is 20.2 Å². The summed E-state index contributed by atoms with van der Waals surface area (Å²) >= 11 is 0. The molecule has 0 fully saturated rings. The number of furan rings is 1. The minimum absolute atomic E-state index is 0.104. The van der Waals surface area contributed by atoms with Crippen molar-refractivity contribution in [1.29, 1.82) is 5.41 Å². The van der Waals surface area contributed by atoms with E-state index in [2.05, 4.69) is 10.6 Å². The van der Waals surface area contributed by atoms with Gasteiger partial charge in [-0.3, -0.25) is 15.1 Å². The van der Waals surface area contributed by atoms with Crippen LogP contribution >= 0.6 is 0 Å². The largest absolute Gasteiger partial charge is 0.507 e. The zero-order chi connectivity index (χ0) is 25.7. The molecule has 2 aliphatic rings. The number of Topliss-reactive ketones (excluding diaryl/α,β-unsaturated/α-hetero) is 1. The Balaban J connectivity index is 1.51. The molecule has 8 heteroatoms. The molecule has 6 rings (SSSR count). The van der Waals surface area contributed by atoms with Crippen molar-refractivity contribution in [3.63, 3.8) is 0 Å². The third-order valence-electron chi connectivity index (χ3n) is 6.53. The number of phenols is 1. The molecule has 8 nitrogen and oxygen atoms in total. The summed E-state index contributed by atoms with van der Waals surface area (Å²) in [5.74, 6) is 0.0848. The van der Waals surface area contributed by atoms with E-state index in [4.69, 9.17) is 9.83 Å². The van der Waals surface area contributed by atoms with Gasteiger partial charge in [-0.25, -0.2) is 4.79 Å². The fourth-order valence-electron chi connectivity index (χ4n) is 4.77. The highest BCUT2D eigenvalue weighted by Gasteiger charge is 2.44. The van der Waals surface area contributed by atoms with Gasteiger partial charge in [0.2, 0.25) is 5.88 Å². The van der Waals surface area contributed by atoms with Crippen molar-refractivity contribution in [1.82, 2.24) is 10.2 Å². The van der Waals surface area contributed by atoms with Crippen LogP contribution in [0.25, 0.3) is 22.5 Å². The van der Waals surface area contributed by atoms with Gasteiger partial charge in [0.25, 0.3) is 0 Å². The zero-order valence-electron chi connectivity index (χ0n) is 19.8. The molecule has 37 heavy (non-hydrogen) atoms. The quantitative estimate of drug-likeness (QED) is 0.282. The summed E-state index contributed by atoms with van der Waals surface area (Å²) in [6, 6.07) is 23.3.